The summed E-state index contributed by atoms with van der Waals surface area (Å²) in [7, 11) is 0. The van der Waals surface area contributed by atoms with Crippen LogP contribution in [0.25, 0.3) is 10.6 Å². The largest absolute Gasteiger partial charge is 0.438 e. The maximum absolute atomic E-state index is 5.89. The molecule has 0 aliphatic heterocycles. The molecule has 0 saturated heterocycles. The molecule has 0 aliphatic rings. The van der Waals surface area contributed by atoms with E-state index in [1.54, 1.807) is 17.5 Å². The highest BCUT2D eigenvalue weighted by molar-refractivity contribution is 7.15. The summed E-state index contributed by atoms with van der Waals surface area (Å²) in [6, 6.07) is 2.11. The third-order valence-electron chi connectivity index (χ3n) is 2.27. The zero-order chi connectivity index (χ0) is 11.0. The second-order valence-electron chi connectivity index (χ2n) is 3.53. The summed E-state index contributed by atoms with van der Waals surface area (Å²) in [6.07, 6.45) is 1.74. The first kappa shape index (κ1) is 10.7. The van der Waals surface area contributed by atoms with E-state index in [1.165, 1.54) is 10.4 Å². The summed E-state index contributed by atoms with van der Waals surface area (Å²) in [5.74, 6) is 1.38. The van der Waals surface area contributed by atoms with Gasteiger partial charge in [0, 0.05) is 4.88 Å². The molecule has 80 valence electrons. The van der Waals surface area contributed by atoms with Crippen molar-refractivity contribution in [2.75, 3.05) is 0 Å². The van der Waals surface area contributed by atoms with Crippen LogP contribution in [0.4, 0.5) is 0 Å². The smallest absolute Gasteiger partial charge is 0.212 e. The quantitative estimate of drug-likeness (QED) is 0.732. The van der Waals surface area contributed by atoms with Crippen molar-refractivity contribution in [3.63, 3.8) is 0 Å². The van der Waals surface area contributed by atoms with E-state index in [-0.39, 0.29) is 5.38 Å². The van der Waals surface area contributed by atoms with Gasteiger partial charge in [-0.3, -0.25) is 0 Å². The van der Waals surface area contributed by atoms with E-state index in [9.17, 15) is 0 Å². The highest BCUT2D eigenvalue weighted by atomic mass is 35.5. The molecular formula is C11H12ClNOS. The van der Waals surface area contributed by atoms with Gasteiger partial charge in [-0.15, -0.1) is 22.9 Å². The molecule has 0 spiro atoms. The average molecular weight is 242 g/mol. The molecule has 0 radical (unpaired) electrons. The van der Waals surface area contributed by atoms with Crippen molar-refractivity contribution in [3.05, 3.63) is 28.6 Å². The number of nitrogens with zero attached hydrogens (tertiary/aromatic N) is 1. The maximum Gasteiger partial charge on any atom is 0.212 e. The zero-order valence-electron chi connectivity index (χ0n) is 8.87. The SMILES string of the molecule is Cc1cc(-c2cnc(C(C)Cl)o2)sc1C. The van der Waals surface area contributed by atoms with Gasteiger partial charge < -0.3 is 4.42 Å². The molecule has 15 heavy (non-hydrogen) atoms. The third kappa shape index (κ3) is 2.08. The van der Waals surface area contributed by atoms with Gasteiger partial charge in [0.25, 0.3) is 0 Å². The Hall–Kier alpha value is -0.800. The summed E-state index contributed by atoms with van der Waals surface area (Å²) in [4.78, 5) is 6.56. The van der Waals surface area contributed by atoms with Crippen LogP contribution in [0.3, 0.4) is 0 Å². The van der Waals surface area contributed by atoms with Crippen molar-refractivity contribution in [3.8, 4) is 10.6 Å². The van der Waals surface area contributed by atoms with Crippen LogP contribution in [-0.2, 0) is 0 Å². The van der Waals surface area contributed by atoms with E-state index in [4.69, 9.17) is 16.0 Å². The van der Waals surface area contributed by atoms with Gasteiger partial charge in [0.1, 0.15) is 5.38 Å². The molecule has 0 fully saturated rings. The highest BCUT2D eigenvalue weighted by Gasteiger charge is 2.12. The Balaban J connectivity index is 2.37. The second kappa shape index (κ2) is 3.99. The number of alkyl halides is 1. The molecule has 0 N–H and O–H groups in total. The van der Waals surface area contributed by atoms with E-state index in [2.05, 4.69) is 24.9 Å². The molecule has 2 aromatic rings. The number of oxazole rings is 1. The molecule has 2 nitrogen and oxygen atoms in total. The highest BCUT2D eigenvalue weighted by Crippen LogP contribution is 2.32. The second-order valence-corrected chi connectivity index (χ2v) is 5.44. The third-order valence-corrected chi connectivity index (χ3v) is 3.63. The molecular weight excluding hydrogens is 230 g/mol. The van der Waals surface area contributed by atoms with E-state index in [0.717, 1.165) is 10.6 Å². The fraction of sp³-hybridized carbons (Fsp3) is 0.364. The van der Waals surface area contributed by atoms with Crippen molar-refractivity contribution in [2.45, 2.75) is 26.1 Å². The normalized spacial score (nSPS) is 13.1. The van der Waals surface area contributed by atoms with Gasteiger partial charge in [-0.1, -0.05) is 0 Å². The molecule has 1 atom stereocenters. The number of hydrogen-bond acceptors (Lipinski definition) is 3. The molecule has 0 aliphatic carbocycles. The minimum atomic E-state index is -0.180. The summed E-state index contributed by atoms with van der Waals surface area (Å²) >= 11 is 7.60. The topological polar surface area (TPSA) is 26.0 Å². The van der Waals surface area contributed by atoms with Gasteiger partial charge in [-0.25, -0.2) is 4.98 Å². The molecule has 1 unspecified atom stereocenters. The maximum atomic E-state index is 5.89. The van der Waals surface area contributed by atoms with Crippen molar-refractivity contribution < 1.29 is 4.42 Å². The van der Waals surface area contributed by atoms with Gasteiger partial charge in [0.05, 0.1) is 11.1 Å². The van der Waals surface area contributed by atoms with Gasteiger partial charge in [-0.2, -0.15) is 0 Å². The Labute approximate surface area is 97.9 Å². The van der Waals surface area contributed by atoms with Crippen molar-refractivity contribution >= 4 is 22.9 Å². The number of rotatable bonds is 2. The first-order valence-electron chi connectivity index (χ1n) is 4.75. The van der Waals surface area contributed by atoms with E-state index >= 15 is 0 Å². The standard InChI is InChI=1S/C11H12ClNOS/c1-6-4-10(15-8(6)3)9-5-13-11(14-9)7(2)12/h4-5,7H,1-3H3. The molecule has 0 amide bonds. The summed E-state index contributed by atoms with van der Waals surface area (Å²) < 4.78 is 5.57. The number of aromatic nitrogens is 1. The zero-order valence-corrected chi connectivity index (χ0v) is 10.4. The van der Waals surface area contributed by atoms with Crippen LogP contribution in [0.1, 0.15) is 28.6 Å². The number of hydrogen-bond donors (Lipinski definition) is 0. The minimum absolute atomic E-state index is 0.180. The van der Waals surface area contributed by atoms with Crippen LogP contribution in [0.2, 0.25) is 0 Å². The van der Waals surface area contributed by atoms with Crippen LogP contribution in [-0.4, -0.2) is 4.98 Å². The Morgan fingerprint density at radius 2 is 2.20 bits per heavy atom. The number of halogens is 1. The lowest BCUT2D eigenvalue weighted by molar-refractivity contribution is 0.509. The monoisotopic (exact) mass is 241 g/mol. The molecule has 2 rings (SSSR count). The molecule has 4 heteroatoms. The molecule has 0 bridgehead atoms. The Kier molecular flexibility index (Phi) is 2.85. The van der Waals surface area contributed by atoms with Crippen molar-refractivity contribution in [1.82, 2.24) is 4.98 Å². The minimum Gasteiger partial charge on any atom is -0.438 e. The van der Waals surface area contributed by atoms with Gasteiger partial charge in [0.2, 0.25) is 5.89 Å². The molecule has 2 aromatic heterocycles. The fourth-order valence-electron chi connectivity index (χ4n) is 1.28. The predicted molar refractivity (Wildman–Crippen MR) is 63.6 cm³/mol. The van der Waals surface area contributed by atoms with E-state index in [0.29, 0.717) is 5.89 Å². The van der Waals surface area contributed by atoms with Crippen molar-refractivity contribution in [1.29, 1.82) is 0 Å². The van der Waals surface area contributed by atoms with Gasteiger partial charge in [0.15, 0.2) is 5.76 Å². The molecule has 0 aromatic carbocycles. The van der Waals surface area contributed by atoms with E-state index < -0.39 is 0 Å². The number of aryl methyl sites for hydroxylation is 2. The fourth-order valence-corrected chi connectivity index (χ4v) is 2.36. The van der Waals surface area contributed by atoms with E-state index in [1.807, 2.05) is 6.92 Å². The summed E-state index contributed by atoms with van der Waals surface area (Å²) in [6.45, 7) is 6.05. The predicted octanol–water partition coefficient (Wildman–Crippen LogP) is 4.32. The summed E-state index contributed by atoms with van der Waals surface area (Å²) in [5, 5.41) is -0.180. The average Bonchev–Trinajstić information content (AvgIpc) is 2.74. The lowest BCUT2D eigenvalue weighted by Gasteiger charge is -1.93. The lowest BCUT2D eigenvalue weighted by atomic mass is 10.3. The van der Waals surface area contributed by atoms with Crippen LogP contribution < -0.4 is 0 Å². The van der Waals surface area contributed by atoms with Crippen molar-refractivity contribution in [2.24, 2.45) is 0 Å². The van der Waals surface area contributed by atoms with Gasteiger partial charge in [-0.05, 0) is 32.4 Å². The Morgan fingerprint density at radius 3 is 2.67 bits per heavy atom. The van der Waals surface area contributed by atoms with Gasteiger partial charge >= 0.3 is 0 Å². The number of thiophene rings is 1. The summed E-state index contributed by atoms with van der Waals surface area (Å²) in [5.41, 5.74) is 1.28. The Bertz CT molecular complexity index is 453. The van der Waals surface area contributed by atoms with Crippen LogP contribution in [0, 0.1) is 13.8 Å². The first-order chi connectivity index (χ1) is 7.08. The molecule has 0 saturated carbocycles. The first-order valence-corrected chi connectivity index (χ1v) is 6.00. The Morgan fingerprint density at radius 1 is 1.47 bits per heavy atom. The lowest BCUT2D eigenvalue weighted by Crippen LogP contribution is -1.80. The molecule has 2 heterocycles. The van der Waals surface area contributed by atoms with Crippen LogP contribution >= 0.6 is 22.9 Å². The van der Waals surface area contributed by atoms with Crippen LogP contribution in [0.15, 0.2) is 16.7 Å². The van der Waals surface area contributed by atoms with Crippen LogP contribution in [0.5, 0.6) is 0 Å².